The predicted molar refractivity (Wildman–Crippen MR) is 121 cm³/mol. The lowest BCUT2D eigenvalue weighted by Gasteiger charge is -2.11. The molecular formula is C24H23FN2O3S. The van der Waals surface area contributed by atoms with Crippen molar-refractivity contribution < 1.29 is 18.7 Å². The molecule has 1 aliphatic rings. The molecule has 0 unspecified atom stereocenters. The van der Waals surface area contributed by atoms with E-state index >= 15 is 0 Å². The van der Waals surface area contributed by atoms with Crippen molar-refractivity contribution in [2.75, 3.05) is 20.3 Å². The number of aromatic nitrogens is 1. The summed E-state index contributed by atoms with van der Waals surface area (Å²) in [5, 5.41) is 0.697. The zero-order chi connectivity index (χ0) is 22.0. The van der Waals surface area contributed by atoms with E-state index < -0.39 is 0 Å². The number of rotatable bonds is 7. The van der Waals surface area contributed by atoms with Gasteiger partial charge < -0.3 is 9.30 Å². The fourth-order valence-electron chi connectivity index (χ4n) is 3.83. The number of hydrogen-bond acceptors (Lipinski definition) is 4. The SMILES string of the molecule is COCCCN1C(=O)S/C(=C/c2c(C)n(Cc3ccccc3F)c3ccccc23)C1=O. The van der Waals surface area contributed by atoms with Crippen molar-refractivity contribution in [2.45, 2.75) is 19.9 Å². The van der Waals surface area contributed by atoms with Gasteiger partial charge in [-0.2, -0.15) is 0 Å². The molecule has 31 heavy (non-hydrogen) atoms. The van der Waals surface area contributed by atoms with Crippen LogP contribution in [0.5, 0.6) is 0 Å². The first-order valence-corrected chi connectivity index (χ1v) is 10.9. The van der Waals surface area contributed by atoms with Crippen LogP contribution in [0.2, 0.25) is 0 Å². The Balaban J connectivity index is 1.72. The third-order valence-corrected chi connectivity index (χ3v) is 6.35. The summed E-state index contributed by atoms with van der Waals surface area (Å²) < 4.78 is 21.3. The second kappa shape index (κ2) is 9.08. The maximum Gasteiger partial charge on any atom is 0.293 e. The highest BCUT2D eigenvalue weighted by Crippen LogP contribution is 2.36. The molecule has 2 heterocycles. The Morgan fingerprint density at radius 2 is 1.84 bits per heavy atom. The summed E-state index contributed by atoms with van der Waals surface area (Å²) in [6.07, 6.45) is 2.39. The fourth-order valence-corrected chi connectivity index (χ4v) is 4.68. The maximum atomic E-state index is 14.3. The molecule has 0 saturated carbocycles. The topological polar surface area (TPSA) is 51.5 Å². The van der Waals surface area contributed by atoms with E-state index in [-0.39, 0.29) is 17.0 Å². The van der Waals surface area contributed by atoms with Crippen LogP contribution in [-0.2, 0) is 16.1 Å². The summed E-state index contributed by atoms with van der Waals surface area (Å²) in [4.78, 5) is 26.8. The maximum absolute atomic E-state index is 14.3. The summed E-state index contributed by atoms with van der Waals surface area (Å²) in [7, 11) is 1.59. The van der Waals surface area contributed by atoms with Crippen molar-refractivity contribution in [1.29, 1.82) is 0 Å². The minimum absolute atomic E-state index is 0.251. The number of carbonyl (C=O) groups excluding carboxylic acids is 2. The molecule has 0 radical (unpaired) electrons. The molecule has 160 valence electrons. The van der Waals surface area contributed by atoms with Crippen molar-refractivity contribution in [3.05, 3.63) is 76.1 Å². The van der Waals surface area contributed by atoms with E-state index in [4.69, 9.17) is 4.74 Å². The quantitative estimate of drug-likeness (QED) is 0.375. The molecule has 7 heteroatoms. The third kappa shape index (κ3) is 4.16. The van der Waals surface area contributed by atoms with E-state index in [9.17, 15) is 14.0 Å². The molecule has 4 rings (SSSR count). The molecule has 3 aromatic rings. The number of ether oxygens (including phenoxy) is 1. The van der Waals surface area contributed by atoms with Crippen LogP contribution in [0.25, 0.3) is 17.0 Å². The average Bonchev–Trinajstić information content (AvgIpc) is 3.18. The van der Waals surface area contributed by atoms with Gasteiger partial charge in [0.15, 0.2) is 0 Å². The van der Waals surface area contributed by atoms with Crippen LogP contribution in [0.4, 0.5) is 9.18 Å². The monoisotopic (exact) mass is 438 g/mol. The summed E-state index contributed by atoms with van der Waals surface area (Å²) in [5.41, 5.74) is 3.33. The van der Waals surface area contributed by atoms with Gasteiger partial charge in [0.1, 0.15) is 5.82 Å². The highest BCUT2D eigenvalue weighted by atomic mass is 32.2. The number of benzene rings is 2. The molecule has 0 N–H and O–H groups in total. The first-order chi connectivity index (χ1) is 15.0. The van der Waals surface area contributed by atoms with Gasteiger partial charge in [-0.3, -0.25) is 14.5 Å². The number of fused-ring (bicyclic) bond motifs is 1. The summed E-state index contributed by atoms with van der Waals surface area (Å²) in [5.74, 6) is -0.533. The minimum atomic E-state index is -0.281. The van der Waals surface area contributed by atoms with Gasteiger partial charge in [0.25, 0.3) is 11.1 Å². The number of methoxy groups -OCH3 is 1. The van der Waals surface area contributed by atoms with Gasteiger partial charge >= 0.3 is 0 Å². The second-order valence-corrected chi connectivity index (χ2v) is 8.37. The number of imide groups is 1. The minimum Gasteiger partial charge on any atom is -0.385 e. The standard InChI is InChI=1S/C24H23FN2O3S/c1-16-19(14-22-23(28)26(24(29)31-22)12-7-13-30-2)18-9-4-6-11-21(18)27(16)15-17-8-3-5-10-20(17)25/h3-6,8-11,14H,7,12-13,15H2,1-2H3/b22-14+. The Labute approximate surface area is 184 Å². The van der Waals surface area contributed by atoms with Gasteiger partial charge in [0.05, 0.1) is 11.4 Å². The van der Waals surface area contributed by atoms with E-state index in [1.54, 1.807) is 25.3 Å². The fraction of sp³-hybridized carbons (Fsp3) is 0.250. The largest absolute Gasteiger partial charge is 0.385 e. The smallest absolute Gasteiger partial charge is 0.293 e. The average molecular weight is 439 g/mol. The van der Waals surface area contributed by atoms with Crippen LogP contribution in [0.3, 0.4) is 0 Å². The molecule has 1 fully saturated rings. The van der Waals surface area contributed by atoms with E-state index in [2.05, 4.69) is 0 Å². The number of para-hydroxylation sites is 1. The molecule has 1 saturated heterocycles. The Morgan fingerprint density at radius 1 is 1.10 bits per heavy atom. The Morgan fingerprint density at radius 3 is 2.61 bits per heavy atom. The lowest BCUT2D eigenvalue weighted by Crippen LogP contribution is -2.29. The number of nitrogens with zero attached hydrogens (tertiary/aromatic N) is 2. The molecule has 2 aromatic carbocycles. The Kier molecular flexibility index (Phi) is 6.25. The van der Waals surface area contributed by atoms with E-state index in [1.165, 1.54) is 11.0 Å². The van der Waals surface area contributed by atoms with E-state index in [1.807, 2.05) is 41.8 Å². The van der Waals surface area contributed by atoms with Gasteiger partial charge in [-0.1, -0.05) is 36.4 Å². The van der Waals surface area contributed by atoms with Crippen molar-refractivity contribution in [3.8, 4) is 0 Å². The van der Waals surface area contributed by atoms with Crippen LogP contribution < -0.4 is 0 Å². The van der Waals surface area contributed by atoms with Crippen molar-refractivity contribution in [2.24, 2.45) is 0 Å². The first-order valence-electron chi connectivity index (χ1n) is 10.1. The van der Waals surface area contributed by atoms with Gasteiger partial charge in [-0.25, -0.2) is 4.39 Å². The summed E-state index contributed by atoms with van der Waals surface area (Å²) in [6, 6.07) is 14.6. The number of hydrogen-bond donors (Lipinski definition) is 0. The second-order valence-electron chi connectivity index (χ2n) is 7.37. The molecule has 1 aliphatic heterocycles. The molecule has 0 aliphatic carbocycles. The highest BCUT2D eigenvalue weighted by Gasteiger charge is 2.35. The third-order valence-electron chi connectivity index (χ3n) is 5.45. The normalized spacial score (nSPS) is 15.6. The van der Waals surface area contributed by atoms with Gasteiger partial charge in [-0.05, 0) is 43.3 Å². The molecule has 1 aromatic heterocycles. The van der Waals surface area contributed by atoms with Crippen LogP contribution in [0.15, 0.2) is 53.4 Å². The van der Waals surface area contributed by atoms with Crippen LogP contribution in [-0.4, -0.2) is 40.9 Å². The Hall–Kier alpha value is -2.90. The van der Waals surface area contributed by atoms with Crippen LogP contribution >= 0.6 is 11.8 Å². The molecule has 2 amide bonds. The van der Waals surface area contributed by atoms with Crippen molar-refractivity contribution >= 4 is 39.9 Å². The molecule has 0 bridgehead atoms. The summed E-state index contributed by atoms with van der Waals surface area (Å²) >= 11 is 0.956. The van der Waals surface area contributed by atoms with Crippen molar-refractivity contribution in [3.63, 3.8) is 0 Å². The Bertz CT molecular complexity index is 1180. The zero-order valence-electron chi connectivity index (χ0n) is 17.4. The molecular weight excluding hydrogens is 415 g/mol. The zero-order valence-corrected chi connectivity index (χ0v) is 18.2. The number of thioether (sulfide) groups is 1. The van der Waals surface area contributed by atoms with E-state index in [0.29, 0.717) is 36.6 Å². The highest BCUT2D eigenvalue weighted by molar-refractivity contribution is 8.18. The van der Waals surface area contributed by atoms with E-state index in [0.717, 1.165) is 33.9 Å². The van der Waals surface area contributed by atoms with Crippen LogP contribution in [0.1, 0.15) is 23.2 Å². The van der Waals surface area contributed by atoms with Gasteiger partial charge in [-0.15, -0.1) is 0 Å². The van der Waals surface area contributed by atoms with Crippen molar-refractivity contribution in [1.82, 2.24) is 9.47 Å². The lowest BCUT2D eigenvalue weighted by atomic mass is 10.1. The number of halogens is 1. The molecule has 5 nitrogen and oxygen atoms in total. The molecule has 0 atom stereocenters. The number of carbonyl (C=O) groups is 2. The lowest BCUT2D eigenvalue weighted by molar-refractivity contribution is -0.122. The predicted octanol–water partition coefficient (Wildman–Crippen LogP) is 5.21. The number of amides is 2. The van der Waals surface area contributed by atoms with Crippen LogP contribution in [0, 0.1) is 12.7 Å². The first kappa shape index (κ1) is 21.3. The van der Waals surface area contributed by atoms with Gasteiger partial charge in [0, 0.05) is 48.0 Å². The summed E-state index contributed by atoms with van der Waals surface area (Å²) in [6.45, 7) is 3.16. The molecule has 0 spiro atoms. The van der Waals surface area contributed by atoms with Gasteiger partial charge in [0.2, 0.25) is 0 Å².